The highest BCUT2D eigenvalue weighted by molar-refractivity contribution is 6.17. The van der Waals surface area contributed by atoms with E-state index in [0.29, 0.717) is 12.3 Å². The maximum absolute atomic E-state index is 12.3. The molecule has 20 heavy (non-hydrogen) atoms. The summed E-state index contributed by atoms with van der Waals surface area (Å²) in [5.41, 5.74) is -0.513. The van der Waals surface area contributed by atoms with E-state index >= 15 is 0 Å². The molecule has 1 aromatic rings. The summed E-state index contributed by atoms with van der Waals surface area (Å²) in [6.07, 6.45) is -2.66. The second-order valence-electron chi connectivity index (χ2n) is 4.09. The largest absolute Gasteiger partial charge is 0.449 e. The zero-order valence-corrected chi connectivity index (χ0v) is 11.4. The summed E-state index contributed by atoms with van der Waals surface area (Å²) in [6.45, 7) is 0.253. The minimum atomic E-state index is -4.39. The number of halogens is 4. The van der Waals surface area contributed by atoms with Crippen molar-refractivity contribution < 1.29 is 22.7 Å². The zero-order chi connectivity index (χ0) is 15.0. The first kappa shape index (κ1) is 16.6. The highest BCUT2D eigenvalue weighted by atomic mass is 35.5. The van der Waals surface area contributed by atoms with E-state index in [4.69, 9.17) is 16.3 Å². The van der Waals surface area contributed by atoms with Crippen LogP contribution in [0.4, 0.5) is 23.7 Å². The first-order valence-corrected chi connectivity index (χ1v) is 6.64. The standard InChI is InChI=1S/C13H15ClF3NO2/c14-8-2-1-3-9-20-12(19)18-11-6-4-10(5-7-11)13(15,16)17/h4-7H,1-3,8-9H2,(H,18,19). The molecule has 0 saturated heterocycles. The van der Waals surface area contributed by atoms with Crippen LogP contribution in [0, 0.1) is 0 Å². The fourth-order valence-corrected chi connectivity index (χ4v) is 1.62. The molecule has 0 heterocycles. The molecule has 0 atom stereocenters. The van der Waals surface area contributed by atoms with Gasteiger partial charge in [-0.3, -0.25) is 5.32 Å². The molecular formula is C13H15ClF3NO2. The van der Waals surface area contributed by atoms with Gasteiger partial charge in [-0.15, -0.1) is 11.6 Å². The molecule has 0 aliphatic rings. The lowest BCUT2D eigenvalue weighted by molar-refractivity contribution is -0.137. The van der Waals surface area contributed by atoms with Gasteiger partial charge in [-0.2, -0.15) is 13.2 Å². The number of unbranched alkanes of at least 4 members (excludes halogenated alkanes) is 2. The van der Waals surface area contributed by atoms with Gasteiger partial charge in [0.05, 0.1) is 12.2 Å². The molecular weight excluding hydrogens is 295 g/mol. The third kappa shape index (κ3) is 6.14. The Labute approximate surface area is 120 Å². The minimum Gasteiger partial charge on any atom is -0.449 e. The van der Waals surface area contributed by atoms with Gasteiger partial charge in [0, 0.05) is 11.6 Å². The van der Waals surface area contributed by atoms with Crippen LogP contribution in [0.25, 0.3) is 0 Å². The van der Waals surface area contributed by atoms with Gasteiger partial charge in [-0.1, -0.05) is 0 Å². The van der Waals surface area contributed by atoms with E-state index in [0.717, 1.165) is 25.0 Å². The van der Waals surface area contributed by atoms with E-state index in [2.05, 4.69) is 5.32 Å². The molecule has 0 aromatic heterocycles. The van der Waals surface area contributed by atoms with E-state index < -0.39 is 17.8 Å². The molecule has 3 nitrogen and oxygen atoms in total. The molecule has 1 rings (SSSR count). The number of carbonyl (C=O) groups is 1. The summed E-state index contributed by atoms with van der Waals surface area (Å²) >= 11 is 5.49. The molecule has 1 amide bonds. The van der Waals surface area contributed by atoms with Crippen LogP contribution in [0.2, 0.25) is 0 Å². The van der Waals surface area contributed by atoms with E-state index in [-0.39, 0.29) is 12.3 Å². The van der Waals surface area contributed by atoms with Crippen molar-refractivity contribution in [3.05, 3.63) is 29.8 Å². The third-order valence-electron chi connectivity index (χ3n) is 2.47. The predicted octanol–water partition coefficient (Wildman–Crippen LogP) is 4.66. The Balaban J connectivity index is 2.35. The summed E-state index contributed by atoms with van der Waals surface area (Å²) in [6, 6.07) is 4.15. The molecule has 112 valence electrons. The monoisotopic (exact) mass is 309 g/mol. The van der Waals surface area contributed by atoms with Crippen molar-refractivity contribution >= 4 is 23.4 Å². The van der Waals surface area contributed by atoms with Crippen LogP contribution in [0.3, 0.4) is 0 Å². The van der Waals surface area contributed by atoms with Gasteiger partial charge >= 0.3 is 12.3 Å². The molecule has 0 bridgehead atoms. The molecule has 0 radical (unpaired) electrons. The van der Waals surface area contributed by atoms with Crippen molar-refractivity contribution in [2.45, 2.75) is 25.4 Å². The smallest absolute Gasteiger partial charge is 0.416 e. The maximum Gasteiger partial charge on any atom is 0.416 e. The number of carbonyl (C=O) groups excluding carboxylic acids is 1. The lowest BCUT2D eigenvalue weighted by Crippen LogP contribution is -2.14. The number of anilines is 1. The van der Waals surface area contributed by atoms with Gasteiger partial charge in [0.2, 0.25) is 0 Å². The van der Waals surface area contributed by atoms with E-state index in [1.54, 1.807) is 0 Å². The van der Waals surface area contributed by atoms with Gasteiger partial charge in [0.15, 0.2) is 0 Å². The highest BCUT2D eigenvalue weighted by Crippen LogP contribution is 2.29. The quantitative estimate of drug-likeness (QED) is 0.613. The Morgan fingerprint density at radius 3 is 2.35 bits per heavy atom. The fourth-order valence-electron chi connectivity index (χ4n) is 1.43. The first-order chi connectivity index (χ1) is 9.43. The summed E-state index contributed by atoms with van der Waals surface area (Å²) in [4.78, 5) is 11.3. The normalized spacial score (nSPS) is 11.2. The summed E-state index contributed by atoms with van der Waals surface area (Å²) in [5.74, 6) is 0.567. The topological polar surface area (TPSA) is 38.3 Å². The van der Waals surface area contributed by atoms with Crippen molar-refractivity contribution in [2.24, 2.45) is 0 Å². The second kappa shape index (κ2) is 7.99. The summed E-state index contributed by atoms with van der Waals surface area (Å²) < 4.78 is 41.9. The van der Waals surface area contributed by atoms with Gasteiger partial charge < -0.3 is 4.74 Å². The van der Waals surface area contributed by atoms with Crippen LogP contribution < -0.4 is 5.32 Å². The first-order valence-electron chi connectivity index (χ1n) is 6.10. The van der Waals surface area contributed by atoms with Crippen LogP contribution >= 0.6 is 11.6 Å². The molecule has 0 saturated carbocycles. The molecule has 0 spiro atoms. The van der Waals surface area contributed by atoms with Crippen LogP contribution in [0.15, 0.2) is 24.3 Å². The average Bonchev–Trinajstić information content (AvgIpc) is 2.38. The van der Waals surface area contributed by atoms with Crippen molar-refractivity contribution in [3.63, 3.8) is 0 Å². The molecule has 0 fully saturated rings. The van der Waals surface area contributed by atoms with Crippen LogP contribution in [0.1, 0.15) is 24.8 Å². The lowest BCUT2D eigenvalue weighted by Gasteiger charge is -2.09. The number of alkyl halides is 4. The van der Waals surface area contributed by atoms with Gasteiger partial charge in [-0.05, 0) is 43.5 Å². The number of rotatable bonds is 6. The number of ether oxygens (including phenoxy) is 1. The number of hydrogen-bond donors (Lipinski definition) is 1. The van der Waals surface area contributed by atoms with E-state index in [9.17, 15) is 18.0 Å². The van der Waals surface area contributed by atoms with E-state index in [1.807, 2.05) is 0 Å². The van der Waals surface area contributed by atoms with Crippen molar-refractivity contribution in [1.29, 1.82) is 0 Å². The van der Waals surface area contributed by atoms with Crippen molar-refractivity contribution in [2.75, 3.05) is 17.8 Å². The Morgan fingerprint density at radius 2 is 1.80 bits per heavy atom. The fraction of sp³-hybridized carbons (Fsp3) is 0.462. The summed E-state index contributed by atoms with van der Waals surface area (Å²) in [7, 11) is 0. The molecule has 1 aromatic carbocycles. The Kier molecular flexibility index (Phi) is 6.64. The number of benzene rings is 1. The SMILES string of the molecule is O=C(Nc1ccc(C(F)(F)F)cc1)OCCCCCCl. The zero-order valence-electron chi connectivity index (χ0n) is 10.7. The van der Waals surface area contributed by atoms with Crippen LogP contribution in [0.5, 0.6) is 0 Å². The van der Waals surface area contributed by atoms with Crippen molar-refractivity contribution in [3.8, 4) is 0 Å². The summed E-state index contributed by atoms with van der Waals surface area (Å²) in [5, 5.41) is 2.36. The van der Waals surface area contributed by atoms with Crippen LogP contribution in [-0.4, -0.2) is 18.6 Å². The highest BCUT2D eigenvalue weighted by Gasteiger charge is 2.29. The average molecular weight is 310 g/mol. The molecule has 0 aliphatic heterocycles. The van der Waals surface area contributed by atoms with Crippen molar-refractivity contribution in [1.82, 2.24) is 0 Å². The number of hydrogen-bond acceptors (Lipinski definition) is 2. The Bertz CT molecular complexity index is 421. The Hall–Kier alpha value is -1.43. The number of nitrogens with one attached hydrogen (secondary N) is 1. The van der Waals surface area contributed by atoms with Gasteiger partial charge in [-0.25, -0.2) is 4.79 Å². The van der Waals surface area contributed by atoms with E-state index in [1.165, 1.54) is 12.1 Å². The molecule has 0 unspecified atom stereocenters. The third-order valence-corrected chi connectivity index (χ3v) is 2.74. The second-order valence-corrected chi connectivity index (χ2v) is 4.46. The van der Waals surface area contributed by atoms with Crippen LogP contribution in [-0.2, 0) is 10.9 Å². The minimum absolute atomic E-state index is 0.253. The molecule has 0 aliphatic carbocycles. The number of amides is 1. The predicted molar refractivity (Wildman–Crippen MR) is 71.0 cm³/mol. The van der Waals surface area contributed by atoms with Gasteiger partial charge in [0.1, 0.15) is 0 Å². The molecule has 1 N–H and O–H groups in total. The molecule has 7 heteroatoms. The maximum atomic E-state index is 12.3. The lowest BCUT2D eigenvalue weighted by atomic mass is 10.2. The Morgan fingerprint density at radius 1 is 1.15 bits per heavy atom. The van der Waals surface area contributed by atoms with Gasteiger partial charge in [0.25, 0.3) is 0 Å².